The highest BCUT2D eigenvalue weighted by Gasteiger charge is 2.03. The Morgan fingerprint density at radius 2 is 1.89 bits per heavy atom. The molecule has 1 amide bonds. The van der Waals surface area contributed by atoms with E-state index in [0.29, 0.717) is 25.3 Å². The third kappa shape index (κ3) is 5.19. The summed E-state index contributed by atoms with van der Waals surface area (Å²) >= 11 is 0. The quantitative estimate of drug-likeness (QED) is 0.696. The molecule has 1 aromatic rings. The van der Waals surface area contributed by atoms with Crippen molar-refractivity contribution in [1.82, 2.24) is 5.32 Å². The smallest absolute Gasteiger partial charge is 0.251 e. The zero-order valence-corrected chi connectivity index (χ0v) is 11.2. The lowest BCUT2D eigenvalue weighted by atomic mass is 10.2. The minimum atomic E-state index is -0.0586. The lowest BCUT2D eigenvalue weighted by Crippen LogP contribution is -2.27. The molecule has 18 heavy (non-hydrogen) atoms. The van der Waals surface area contributed by atoms with Gasteiger partial charge in [-0.1, -0.05) is 6.92 Å². The van der Waals surface area contributed by atoms with Crippen molar-refractivity contribution in [3.63, 3.8) is 0 Å². The van der Waals surface area contributed by atoms with Gasteiger partial charge in [-0.3, -0.25) is 4.79 Å². The van der Waals surface area contributed by atoms with E-state index in [2.05, 4.69) is 17.6 Å². The van der Waals surface area contributed by atoms with Crippen LogP contribution in [0.25, 0.3) is 0 Å². The molecular formula is C14H22N2O2. The number of ether oxygens (including phenoxy) is 1. The van der Waals surface area contributed by atoms with Crippen LogP contribution in [0.4, 0.5) is 5.69 Å². The van der Waals surface area contributed by atoms with Crippen LogP contribution in [0.1, 0.15) is 30.6 Å². The number of anilines is 1. The summed E-state index contributed by atoms with van der Waals surface area (Å²) < 4.78 is 5.16. The van der Waals surface area contributed by atoms with Crippen LogP contribution >= 0.6 is 0 Å². The summed E-state index contributed by atoms with van der Waals surface area (Å²) in [4.78, 5) is 11.7. The minimum absolute atomic E-state index is 0.0586. The lowest BCUT2D eigenvalue weighted by Gasteiger charge is -2.07. The highest BCUT2D eigenvalue weighted by atomic mass is 16.5. The molecule has 0 bridgehead atoms. The van der Waals surface area contributed by atoms with Gasteiger partial charge >= 0.3 is 0 Å². The largest absolute Gasteiger partial charge is 0.385 e. The Kier molecular flexibility index (Phi) is 6.87. The summed E-state index contributed by atoms with van der Waals surface area (Å²) in [5, 5.41) is 6.08. The molecule has 2 N–H and O–H groups in total. The first-order chi connectivity index (χ1) is 8.77. The fourth-order valence-electron chi connectivity index (χ4n) is 1.49. The fourth-order valence-corrected chi connectivity index (χ4v) is 1.49. The average molecular weight is 250 g/mol. The van der Waals surface area contributed by atoms with E-state index in [1.807, 2.05) is 31.2 Å². The number of amides is 1. The van der Waals surface area contributed by atoms with E-state index >= 15 is 0 Å². The van der Waals surface area contributed by atoms with Gasteiger partial charge in [-0.2, -0.15) is 0 Å². The van der Waals surface area contributed by atoms with Gasteiger partial charge in [0.2, 0.25) is 0 Å². The van der Waals surface area contributed by atoms with Gasteiger partial charge in [-0.05, 0) is 37.6 Å². The van der Waals surface area contributed by atoms with Gasteiger partial charge in [0, 0.05) is 30.9 Å². The summed E-state index contributed by atoms with van der Waals surface area (Å²) in [7, 11) is 0. The molecular weight excluding hydrogens is 228 g/mol. The van der Waals surface area contributed by atoms with Gasteiger partial charge in [0.1, 0.15) is 0 Å². The minimum Gasteiger partial charge on any atom is -0.385 e. The Balaban J connectivity index is 2.38. The predicted molar refractivity (Wildman–Crippen MR) is 74.0 cm³/mol. The maximum Gasteiger partial charge on any atom is 0.251 e. The summed E-state index contributed by atoms with van der Waals surface area (Å²) in [5.74, 6) is -0.0586. The van der Waals surface area contributed by atoms with E-state index < -0.39 is 0 Å². The normalized spacial score (nSPS) is 10.1. The summed E-state index contributed by atoms with van der Waals surface area (Å²) in [5.41, 5.74) is 1.72. The zero-order chi connectivity index (χ0) is 13.2. The molecule has 0 fully saturated rings. The molecule has 4 nitrogen and oxygen atoms in total. The van der Waals surface area contributed by atoms with Gasteiger partial charge in [0.15, 0.2) is 0 Å². The van der Waals surface area contributed by atoms with Crippen molar-refractivity contribution in [2.24, 2.45) is 0 Å². The Morgan fingerprint density at radius 1 is 1.17 bits per heavy atom. The second-order valence-corrected chi connectivity index (χ2v) is 3.96. The molecule has 0 radical (unpaired) electrons. The Hall–Kier alpha value is -1.55. The molecule has 100 valence electrons. The number of hydrogen-bond donors (Lipinski definition) is 2. The topological polar surface area (TPSA) is 50.4 Å². The van der Waals surface area contributed by atoms with Crippen molar-refractivity contribution in [1.29, 1.82) is 0 Å². The number of rotatable bonds is 8. The number of carbonyl (C=O) groups is 1. The van der Waals surface area contributed by atoms with Crippen LogP contribution in [-0.4, -0.2) is 32.2 Å². The number of hydrogen-bond acceptors (Lipinski definition) is 3. The molecule has 0 heterocycles. The third-order valence-corrected chi connectivity index (χ3v) is 2.46. The molecule has 0 aliphatic rings. The van der Waals surface area contributed by atoms with Crippen molar-refractivity contribution in [2.75, 3.05) is 31.6 Å². The van der Waals surface area contributed by atoms with E-state index in [0.717, 1.165) is 18.7 Å². The van der Waals surface area contributed by atoms with E-state index in [1.54, 1.807) is 0 Å². The highest BCUT2D eigenvalue weighted by molar-refractivity contribution is 5.94. The van der Waals surface area contributed by atoms with E-state index in [9.17, 15) is 4.79 Å². The number of nitrogens with one attached hydrogen (secondary N) is 2. The maximum absolute atomic E-state index is 11.7. The van der Waals surface area contributed by atoms with Crippen LogP contribution in [-0.2, 0) is 4.74 Å². The third-order valence-electron chi connectivity index (χ3n) is 2.46. The Labute approximate surface area is 109 Å². The summed E-state index contributed by atoms with van der Waals surface area (Å²) in [6.07, 6.45) is 1.08. The van der Waals surface area contributed by atoms with E-state index in [-0.39, 0.29) is 5.91 Å². The van der Waals surface area contributed by atoms with Crippen molar-refractivity contribution >= 4 is 11.6 Å². The van der Waals surface area contributed by atoms with Crippen LogP contribution in [0.15, 0.2) is 24.3 Å². The van der Waals surface area contributed by atoms with Crippen molar-refractivity contribution in [2.45, 2.75) is 20.3 Å². The second kappa shape index (κ2) is 8.53. The molecule has 0 atom stereocenters. The van der Waals surface area contributed by atoms with Crippen LogP contribution in [0.5, 0.6) is 0 Å². The van der Waals surface area contributed by atoms with Gasteiger partial charge in [-0.25, -0.2) is 0 Å². The molecule has 4 heteroatoms. The van der Waals surface area contributed by atoms with Gasteiger partial charge in [0.25, 0.3) is 5.91 Å². The zero-order valence-electron chi connectivity index (χ0n) is 11.2. The maximum atomic E-state index is 11.7. The van der Waals surface area contributed by atoms with Crippen LogP contribution in [0.3, 0.4) is 0 Å². The van der Waals surface area contributed by atoms with E-state index in [4.69, 9.17) is 4.74 Å². The van der Waals surface area contributed by atoms with Crippen molar-refractivity contribution in [3.8, 4) is 0 Å². The molecule has 0 saturated heterocycles. The first kappa shape index (κ1) is 14.5. The number of carbonyl (C=O) groups excluding carboxylic acids is 1. The average Bonchev–Trinajstić information content (AvgIpc) is 2.41. The van der Waals surface area contributed by atoms with Crippen LogP contribution in [0, 0.1) is 0 Å². The predicted octanol–water partition coefficient (Wildman–Crippen LogP) is 2.27. The standard InChI is InChI=1S/C14H22N2O2/c1-3-9-15-13-7-5-12(6-8-13)14(17)16-10-11-18-4-2/h5-8,15H,3-4,9-11H2,1-2H3,(H,16,17). The first-order valence-electron chi connectivity index (χ1n) is 6.47. The lowest BCUT2D eigenvalue weighted by molar-refractivity contribution is 0.0922. The molecule has 0 aliphatic carbocycles. The van der Waals surface area contributed by atoms with Crippen molar-refractivity contribution in [3.05, 3.63) is 29.8 Å². The highest BCUT2D eigenvalue weighted by Crippen LogP contribution is 2.09. The van der Waals surface area contributed by atoms with Gasteiger partial charge in [0.05, 0.1) is 6.61 Å². The van der Waals surface area contributed by atoms with Crippen LogP contribution in [0.2, 0.25) is 0 Å². The van der Waals surface area contributed by atoms with E-state index in [1.165, 1.54) is 0 Å². The SMILES string of the molecule is CCCNc1ccc(C(=O)NCCOCC)cc1. The molecule has 0 aliphatic heterocycles. The molecule has 0 unspecified atom stereocenters. The molecule has 0 saturated carbocycles. The van der Waals surface area contributed by atoms with Gasteiger partial charge < -0.3 is 15.4 Å². The fraction of sp³-hybridized carbons (Fsp3) is 0.500. The summed E-state index contributed by atoms with van der Waals surface area (Å²) in [6, 6.07) is 7.50. The molecule has 0 spiro atoms. The monoisotopic (exact) mass is 250 g/mol. The van der Waals surface area contributed by atoms with Crippen LogP contribution < -0.4 is 10.6 Å². The van der Waals surface area contributed by atoms with Gasteiger partial charge in [-0.15, -0.1) is 0 Å². The molecule has 0 aromatic heterocycles. The molecule has 1 rings (SSSR count). The second-order valence-electron chi connectivity index (χ2n) is 3.96. The summed E-state index contributed by atoms with van der Waals surface area (Å²) in [6.45, 7) is 6.77. The van der Waals surface area contributed by atoms with Crippen molar-refractivity contribution < 1.29 is 9.53 Å². The Morgan fingerprint density at radius 3 is 2.50 bits per heavy atom. The number of benzene rings is 1. The Bertz CT molecular complexity index is 349. The first-order valence-corrected chi connectivity index (χ1v) is 6.47. The molecule has 1 aromatic carbocycles.